The first-order chi connectivity index (χ1) is 15.6. The molecule has 0 aromatic heterocycles. The lowest BCUT2D eigenvalue weighted by Gasteiger charge is -2.46. The maximum atomic E-state index is 13.5. The normalized spacial score (nSPS) is 19.3. The van der Waals surface area contributed by atoms with E-state index in [9.17, 15) is 18.0 Å². The Morgan fingerprint density at radius 3 is 2.24 bits per heavy atom. The average molecular weight is 476 g/mol. The second-order valence-electron chi connectivity index (χ2n) is 7.91. The molecule has 1 N–H and O–H groups in total. The summed E-state index contributed by atoms with van der Waals surface area (Å²) in [5.74, 6) is -0.293. The van der Waals surface area contributed by atoms with Gasteiger partial charge in [-0.15, -0.1) is 0 Å². The van der Waals surface area contributed by atoms with Crippen LogP contribution in [0, 0.1) is 0 Å². The van der Waals surface area contributed by atoms with Crippen LogP contribution in [-0.4, -0.2) is 63.1 Å². The van der Waals surface area contributed by atoms with Crippen LogP contribution in [0.1, 0.15) is 19.4 Å². The van der Waals surface area contributed by atoms with E-state index in [-0.39, 0.29) is 25.4 Å². The first kappa shape index (κ1) is 24.5. The van der Waals surface area contributed by atoms with E-state index in [0.29, 0.717) is 17.2 Å². The summed E-state index contributed by atoms with van der Waals surface area (Å²) in [5, 5.41) is 2.86. The molecule has 2 aromatic carbocycles. The quantitative estimate of drug-likeness (QED) is 0.624. The molecule has 1 aliphatic rings. The summed E-state index contributed by atoms with van der Waals surface area (Å²) in [6.07, 6.45) is 0. The third-order valence-corrected chi connectivity index (χ3v) is 7.45. The van der Waals surface area contributed by atoms with Crippen molar-refractivity contribution < 1.29 is 27.5 Å². The molecule has 1 saturated heterocycles. The third kappa shape index (κ3) is 5.12. The molecule has 0 unspecified atom stereocenters. The highest BCUT2D eigenvalue weighted by molar-refractivity contribution is 7.89. The van der Waals surface area contributed by atoms with Gasteiger partial charge in [-0.1, -0.05) is 30.3 Å². The molecule has 33 heavy (non-hydrogen) atoms. The zero-order valence-electron chi connectivity index (χ0n) is 19.2. The first-order valence-electron chi connectivity index (χ1n) is 10.5. The Bertz CT molecular complexity index is 1100. The summed E-state index contributed by atoms with van der Waals surface area (Å²) in [4.78, 5) is 28.2. The van der Waals surface area contributed by atoms with Crippen molar-refractivity contribution in [2.45, 2.75) is 25.9 Å². The number of piperazine rings is 1. The molecule has 10 heteroatoms. The Morgan fingerprint density at radius 2 is 1.70 bits per heavy atom. The highest BCUT2D eigenvalue weighted by atomic mass is 32.2. The molecule has 178 valence electrons. The standard InChI is InChI=1S/C23H29N3O6S/c1-5-33(29,30)25-15-21(27)26(18-11-19(31-3)13-20(12-18)32-4)23(2,16-25)22(28)24-14-17-9-7-6-8-10-17/h6-13H,5,14-16H2,1-4H3,(H,24,28)/t23-/m0/s1. The van der Waals surface area contributed by atoms with E-state index in [2.05, 4.69) is 5.32 Å². The fourth-order valence-electron chi connectivity index (χ4n) is 3.84. The summed E-state index contributed by atoms with van der Waals surface area (Å²) < 4.78 is 37.0. The Morgan fingerprint density at radius 1 is 1.09 bits per heavy atom. The Kier molecular flexibility index (Phi) is 7.28. The number of nitrogens with one attached hydrogen (secondary N) is 1. The van der Waals surface area contributed by atoms with Crippen molar-refractivity contribution in [3.8, 4) is 11.5 Å². The van der Waals surface area contributed by atoms with Crippen molar-refractivity contribution in [1.82, 2.24) is 9.62 Å². The van der Waals surface area contributed by atoms with Gasteiger partial charge in [0.05, 0.1) is 32.2 Å². The number of hydrogen-bond acceptors (Lipinski definition) is 6. The molecule has 0 bridgehead atoms. The van der Waals surface area contributed by atoms with Crippen molar-refractivity contribution in [2.24, 2.45) is 0 Å². The van der Waals surface area contributed by atoms with Crippen LogP contribution < -0.4 is 19.7 Å². The molecular formula is C23H29N3O6S. The predicted octanol–water partition coefficient (Wildman–Crippen LogP) is 1.78. The van der Waals surface area contributed by atoms with Crippen LogP contribution in [0.15, 0.2) is 48.5 Å². The monoisotopic (exact) mass is 475 g/mol. The molecule has 2 aromatic rings. The van der Waals surface area contributed by atoms with E-state index in [0.717, 1.165) is 9.87 Å². The number of nitrogens with zero attached hydrogens (tertiary/aromatic N) is 2. The number of benzene rings is 2. The van der Waals surface area contributed by atoms with Gasteiger partial charge in [0.2, 0.25) is 21.8 Å². The topological polar surface area (TPSA) is 105 Å². The Hall–Kier alpha value is -3.11. The lowest BCUT2D eigenvalue weighted by atomic mass is 9.94. The van der Waals surface area contributed by atoms with Crippen LogP contribution in [0.4, 0.5) is 5.69 Å². The summed E-state index contributed by atoms with van der Waals surface area (Å²) in [7, 11) is -0.733. The van der Waals surface area contributed by atoms with Crippen molar-refractivity contribution >= 4 is 27.5 Å². The molecule has 0 radical (unpaired) electrons. The van der Waals surface area contributed by atoms with E-state index in [1.807, 2.05) is 30.3 Å². The molecule has 2 amide bonds. The fraction of sp³-hybridized carbons (Fsp3) is 0.391. The minimum absolute atomic E-state index is 0.172. The van der Waals surface area contributed by atoms with Gasteiger partial charge in [-0.3, -0.25) is 14.5 Å². The molecule has 1 heterocycles. The van der Waals surface area contributed by atoms with Gasteiger partial charge in [0.1, 0.15) is 17.0 Å². The van der Waals surface area contributed by atoms with Crippen molar-refractivity contribution in [3.05, 3.63) is 54.1 Å². The maximum Gasteiger partial charge on any atom is 0.247 e. The number of methoxy groups -OCH3 is 2. The summed E-state index contributed by atoms with van der Waals surface area (Å²) in [6, 6.07) is 14.2. The van der Waals surface area contributed by atoms with Crippen LogP contribution in [0.3, 0.4) is 0 Å². The van der Waals surface area contributed by atoms with Crippen LogP contribution >= 0.6 is 0 Å². The van der Waals surface area contributed by atoms with Gasteiger partial charge in [0, 0.05) is 31.3 Å². The minimum Gasteiger partial charge on any atom is -0.497 e. The first-order valence-corrected chi connectivity index (χ1v) is 12.1. The van der Waals surface area contributed by atoms with E-state index in [1.165, 1.54) is 26.0 Å². The minimum atomic E-state index is -3.70. The molecule has 3 rings (SSSR count). The van der Waals surface area contributed by atoms with Crippen LogP contribution in [-0.2, 0) is 26.2 Å². The van der Waals surface area contributed by atoms with Gasteiger partial charge in [0.25, 0.3) is 0 Å². The number of anilines is 1. The lowest BCUT2D eigenvalue weighted by molar-refractivity contribution is -0.133. The summed E-state index contributed by atoms with van der Waals surface area (Å²) in [6.45, 7) is 2.76. The van der Waals surface area contributed by atoms with Crippen molar-refractivity contribution in [1.29, 1.82) is 0 Å². The number of carbonyl (C=O) groups is 2. The zero-order chi connectivity index (χ0) is 24.2. The average Bonchev–Trinajstić information content (AvgIpc) is 2.82. The van der Waals surface area contributed by atoms with Gasteiger partial charge in [-0.2, -0.15) is 4.31 Å². The van der Waals surface area contributed by atoms with Crippen molar-refractivity contribution in [3.63, 3.8) is 0 Å². The Balaban J connectivity index is 2.04. The zero-order valence-corrected chi connectivity index (χ0v) is 20.0. The number of sulfonamides is 1. The highest BCUT2D eigenvalue weighted by Gasteiger charge is 2.50. The van der Waals surface area contributed by atoms with E-state index < -0.39 is 27.4 Å². The smallest absolute Gasteiger partial charge is 0.247 e. The molecule has 9 nitrogen and oxygen atoms in total. The largest absolute Gasteiger partial charge is 0.497 e. The van der Waals surface area contributed by atoms with Crippen LogP contribution in [0.2, 0.25) is 0 Å². The van der Waals surface area contributed by atoms with Gasteiger partial charge in [-0.05, 0) is 19.4 Å². The summed E-state index contributed by atoms with van der Waals surface area (Å²) >= 11 is 0. The number of rotatable bonds is 8. The van der Waals surface area contributed by atoms with Gasteiger partial charge < -0.3 is 14.8 Å². The predicted molar refractivity (Wildman–Crippen MR) is 125 cm³/mol. The molecule has 0 aliphatic carbocycles. The number of hydrogen-bond donors (Lipinski definition) is 1. The van der Waals surface area contributed by atoms with Crippen LogP contribution in [0.25, 0.3) is 0 Å². The van der Waals surface area contributed by atoms with Crippen molar-refractivity contribution in [2.75, 3.05) is 38.0 Å². The van der Waals surface area contributed by atoms with E-state index in [4.69, 9.17) is 9.47 Å². The fourth-order valence-corrected chi connectivity index (χ4v) is 4.96. The number of ether oxygens (including phenoxy) is 2. The van der Waals surface area contributed by atoms with E-state index in [1.54, 1.807) is 25.1 Å². The van der Waals surface area contributed by atoms with Crippen LogP contribution in [0.5, 0.6) is 11.5 Å². The molecule has 1 aliphatic heterocycles. The third-order valence-electron chi connectivity index (χ3n) is 5.68. The second-order valence-corrected chi connectivity index (χ2v) is 10.2. The second kappa shape index (κ2) is 9.80. The number of carbonyl (C=O) groups excluding carboxylic acids is 2. The molecule has 0 saturated carbocycles. The Labute approximate surface area is 194 Å². The molecular weight excluding hydrogens is 446 g/mol. The van der Waals surface area contributed by atoms with Gasteiger partial charge >= 0.3 is 0 Å². The van der Waals surface area contributed by atoms with Gasteiger partial charge in [-0.25, -0.2) is 8.42 Å². The summed E-state index contributed by atoms with van der Waals surface area (Å²) in [5.41, 5.74) is -0.254. The molecule has 1 fully saturated rings. The van der Waals surface area contributed by atoms with Gasteiger partial charge in [0.15, 0.2) is 0 Å². The molecule has 0 spiro atoms. The maximum absolute atomic E-state index is 13.5. The number of amides is 2. The molecule has 1 atom stereocenters. The lowest BCUT2D eigenvalue weighted by Crippen LogP contribution is -2.70. The van der Waals surface area contributed by atoms with E-state index >= 15 is 0 Å². The SMILES string of the molecule is CCS(=O)(=O)N1CC(=O)N(c2cc(OC)cc(OC)c2)[C@](C)(C(=O)NCc2ccccc2)C1. The highest BCUT2D eigenvalue weighted by Crippen LogP contribution is 2.35.